The molecule has 0 spiro atoms. The van der Waals surface area contributed by atoms with Crippen molar-refractivity contribution in [2.24, 2.45) is 0 Å². The summed E-state index contributed by atoms with van der Waals surface area (Å²) in [4.78, 5) is 12.7. The van der Waals surface area contributed by atoms with Gasteiger partial charge in [-0.05, 0) is 65.1 Å². The van der Waals surface area contributed by atoms with Gasteiger partial charge in [0.25, 0.3) is 5.91 Å². The Morgan fingerprint density at radius 1 is 1.12 bits per heavy atom. The zero-order valence-corrected chi connectivity index (χ0v) is 11.9. The number of carbonyl (C=O) groups excluding carboxylic acids is 1. The molecule has 2 nitrogen and oxygen atoms in total. The number of hydrogen-bond donors (Lipinski definition) is 2. The van der Waals surface area contributed by atoms with E-state index in [2.05, 4.69) is 40.5 Å². The lowest BCUT2D eigenvalue weighted by molar-refractivity contribution is 0.102. The summed E-state index contributed by atoms with van der Waals surface area (Å²) >= 11 is 6.43. The summed E-state index contributed by atoms with van der Waals surface area (Å²) < 4.78 is 1.14. The van der Waals surface area contributed by atoms with Crippen LogP contribution >= 0.6 is 35.2 Å². The number of nitrogens with one attached hydrogen (secondary N) is 1. The summed E-state index contributed by atoms with van der Waals surface area (Å²) in [5.74, 6) is -0.123. The lowest BCUT2D eigenvalue weighted by Crippen LogP contribution is -2.11. The molecule has 2 aromatic carbocycles. The first kappa shape index (κ1) is 12.4. The number of hydrogen-bond acceptors (Lipinski definition) is 2. The van der Waals surface area contributed by atoms with Crippen molar-refractivity contribution < 1.29 is 4.79 Å². The number of anilines is 1. The Kier molecular flexibility index (Phi) is 4.06. The lowest BCUT2D eigenvalue weighted by Gasteiger charge is -2.05. The Morgan fingerprint density at radius 2 is 1.82 bits per heavy atom. The molecular weight excluding hydrogens is 345 g/mol. The monoisotopic (exact) mass is 355 g/mol. The maximum atomic E-state index is 11.9. The fraction of sp³-hybridized carbons (Fsp3) is 0. The summed E-state index contributed by atoms with van der Waals surface area (Å²) in [6.45, 7) is 0. The number of halogens is 1. The van der Waals surface area contributed by atoms with Crippen LogP contribution in [0, 0.1) is 3.57 Å². The largest absolute Gasteiger partial charge is 0.322 e. The van der Waals surface area contributed by atoms with Crippen LogP contribution in [0.2, 0.25) is 0 Å². The van der Waals surface area contributed by atoms with Crippen LogP contribution in [0.25, 0.3) is 0 Å². The number of carbonyl (C=O) groups is 1. The molecule has 0 saturated carbocycles. The zero-order valence-electron chi connectivity index (χ0n) is 8.85. The minimum absolute atomic E-state index is 0.123. The van der Waals surface area contributed by atoms with E-state index < -0.39 is 0 Å². The topological polar surface area (TPSA) is 29.1 Å². The summed E-state index contributed by atoms with van der Waals surface area (Å²) in [5, 5.41) is 2.84. The smallest absolute Gasteiger partial charge is 0.255 e. The third-order valence-electron chi connectivity index (χ3n) is 2.21. The molecule has 1 amide bonds. The molecule has 0 heterocycles. The van der Waals surface area contributed by atoms with E-state index in [-0.39, 0.29) is 5.91 Å². The number of thiol groups is 1. The van der Waals surface area contributed by atoms with Gasteiger partial charge in [0.1, 0.15) is 0 Å². The molecule has 0 atom stereocenters. The van der Waals surface area contributed by atoms with E-state index in [4.69, 9.17) is 0 Å². The summed E-state index contributed by atoms with van der Waals surface area (Å²) in [7, 11) is 0. The molecule has 0 bridgehead atoms. The van der Waals surface area contributed by atoms with Gasteiger partial charge in [0.15, 0.2) is 0 Å². The van der Waals surface area contributed by atoms with Gasteiger partial charge in [-0.1, -0.05) is 6.07 Å². The van der Waals surface area contributed by atoms with Gasteiger partial charge >= 0.3 is 0 Å². The Morgan fingerprint density at radius 3 is 2.47 bits per heavy atom. The first-order valence-corrected chi connectivity index (χ1v) is 6.54. The second kappa shape index (κ2) is 5.55. The van der Waals surface area contributed by atoms with Crippen LogP contribution in [0.1, 0.15) is 10.4 Å². The van der Waals surface area contributed by atoms with Gasteiger partial charge in [0.05, 0.1) is 0 Å². The molecule has 2 aromatic rings. The van der Waals surface area contributed by atoms with Crippen molar-refractivity contribution in [2.45, 2.75) is 4.90 Å². The highest BCUT2D eigenvalue weighted by Gasteiger charge is 2.05. The van der Waals surface area contributed by atoms with Crippen molar-refractivity contribution in [1.29, 1.82) is 0 Å². The molecular formula is C13H10INOS. The van der Waals surface area contributed by atoms with E-state index in [0.717, 1.165) is 14.2 Å². The molecule has 0 aliphatic rings. The van der Waals surface area contributed by atoms with Crippen LogP contribution in [0.5, 0.6) is 0 Å². The lowest BCUT2D eigenvalue weighted by atomic mass is 10.2. The predicted molar refractivity (Wildman–Crippen MR) is 80.8 cm³/mol. The maximum absolute atomic E-state index is 11.9. The quantitative estimate of drug-likeness (QED) is 0.622. The first-order valence-electron chi connectivity index (χ1n) is 5.01. The van der Waals surface area contributed by atoms with Gasteiger partial charge in [0.2, 0.25) is 0 Å². The highest BCUT2D eigenvalue weighted by Crippen LogP contribution is 2.14. The number of benzene rings is 2. The summed E-state index contributed by atoms with van der Waals surface area (Å²) in [6, 6.07) is 14.8. The van der Waals surface area contributed by atoms with E-state index >= 15 is 0 Å². The molecule has 0 aliphatic heterocycles. The first-order chi connectivity index (χ1) is 8.15. The molecule has 1 N–H and O–H groups in total. The van der Waals surface area contributed by atoms with Crippen molar-refractivity contribution >= 4 is 46.8 Å². The van der Waals surface area contributed by atoms with Crippen LogP contribution in [0.15, 0.2) is 53.4 Å². The molecule has 2 rings (SSSR count). The van der Waals surface area contributed by atoms with Crippen molar-refractivity contribution in [2.75, 3.05) is 5.32 Å². The van der Waals surface area contributed by atoms with Crippen molar-refractivity contribution in [3.05, 3.63) is 57.7 Å². The highest BCUT2D eigenvalue weighted by molar-refractivity contribution is 14.1. The predicted octanol–water partition coefficient (Wildman–Crippen LogP) is 3.83. The van der Waals surface area contributed by atoms with E-state index in [1.165, 1.54) is 0 Å². The van der Waals surface area contributed by atoms with E-state index in [1.54, 1.807) is 12.1 Å². The molecule has 0 aromatic heterocycles. The van der Waals surface area contributed by atoms with Crippen LogP contribution in [0.3, 0.4) is 0 Å². The molecule has 4 heteroatoms. The second-order valence-corrected chi connectivity index (χ2v) is 5.27. The minimum Gasteiger partial charge on any atom is -0.322 e. The van der Waals surface area contributed by atoms with E-state index in [1.807, 2.05) is 36.4 Å². The SMILES string of the molecule is O=C(Nc1ccc(I)cc1)c1cccc(S)c1. The van der Waals surface area contributed by atoms with Crippen LogP contribution < -0.4 is 5.32 Å². The average Bonchev–Trinajstić information content (AvgIpc) is 2.32. The third-order valence-corrected chi connectivity index (χ3v) is 3.21. The molecule has 17 heavy (non-hydrogen) atoms. The fourth-order valence-electron chi connectivity index (χ4n) is 1.38. The van der Waals surface area contributed by atoms with Crippen molar-refractivity contribution in [3.8, 4) is 0 Å². The standard InChI is InChI=1S/C13H10INOS/c14-10-4-6-11(7-5-10)15-13(16)9-2-1-3-12(17)8-9/h1-8,17H,(H,15,16). The third kappa shape index (κ3) is 3.47. The maximum Gasteiger partial charge on any atom is 0.255 e. The number of amides is 1. The molecule has 0 fully saturated rings. The van der Waals surface area contributed by atoms with Gasteiger partial charge in [-0.2, -0.15) is 0 Å². The van der Waals surface area contributed by atoms with Gasteiger partial charge in [-0.3, -0.25) is 4.79 Å². The molecule has 86 valence electrons. The van der Waals surface area contributed by atoms with E-state index in [9.17, 15) is 4.79 Å². The van der Waals surface area contributed by atoms with Gasteiger partial charge in [0, 0.05) is 19.7 Å². The van der Waals surface area contributed by atoms with Crippen LogP contribution in [-0.4, -0.2) is 5.91 Å². The fourth-order valence-corrected chi connectivity index (χ4v) is 1.97. The van der Waals surface area contributed by atoms with Gasteiger partial charge in [-0.15, -0.1) is 12.6 Å². The number of rotatable bonds is 2. The van der Waals surface area contributed by atoms with E-state index in [0.29, 0.717) is 5.56 Å². The zero-order chi connectivity index (χ0) is 12.3. The van der Waals surface area contributed by atoms with Crippen LogP contribution in [-0.2, 0) is 0 Å². The van der Waals surface area contributed by atoms with Crippen molar-refractivity contribution in [1.82, 2.24) is 0 Å². The Hall–Kier alpha value is -1.01. The Balaban J connectivity index is 2.14. The van der Waals surface area contributed by atoms with Gasteiger partial charge in [-0.25, -0.2) is 0 Å². The highest BCUT2D eigenvalue weighted by atomic mass is 127. The van der Waals surface area contributed by atoms with Gasteiger partial charge < -0.3 is 5.32 Å². The van der Waals surface area contributed by atoms with Crippen molar-refractivity contribution in [3.63, 3.8) is 0 Å². The summed E-state index contributed by atoms with van der Waals surface area (Å²) in [5.41, 5.74) is 1.40. The van der Waals surface area contributed by atoms with Crippen LogP contribution in [0.4, 0.5) is 5.69 Å². The Labute approximate surface area is 119 Å². The minimum atomic E-state index is -0.123. The molecule has 0 saturated heterocycles. The molecule has 0 radical (unpaired) electrons. The average molecular weight is 355 g/mol. The Bertz CT molecular complexity index is 539. The molecule has 0 aliphatic carbocycles. The normalized spacial score (nSPS) is 10.0. The second-order valence-electron chi connectivity index (χ2n) is 3.51. The molecule has 0 unspecified atom stereocenters. The summed E-state index contributed by atoms with van der Waals surface area (Å²) in [6.07, 6.45) is 0.